The van der Waals surface area contributed by atoms with Gasteiger partial charge in [-0.15, -0.1) is 11.3 Å². The molecule has 0 saturated carbocycles. The van der Waals surface area contributed by atoms with Crippen LogP contribution in [0.2, 0.25) is 0 Å². The fraction of sp³-hybridized carbons (Fsp3) is 0.421. The van der Waals surface area contributed by atoms with Crippen molar-refractivity contribution in [2.24, 2.45) is 12.5 Å². The number of amides is 2. The predicted molar refractivity (Wildman–Crippen MR) is 107 cm³/mol. The van der Waals surface area contributed by atoms with Gasteiger partial charge in [0.1, 0.15) is 0 Å². The fourth-order valence-corrected chi connectivity index (χ4v) is 3.42. The SMILES string of the molecule is Cn1ncc2cc(C(C)(C)C(C)(C)CNC(=O)Nc3nccs3)ccc21. The Labute approximate surface area is 157 Å². The van der Waals surface area contributed by atoms with Gasteiger partial charge in [-0.2, -0.15) is 5.10 Å². The predicted octanol–water partition coefficient (Wildman–Crippen LogP) is 4.16. The molecule has 2 heterocycles. The summed E-state index contributed by atoms with van der Waals surface area (Å²) in [6, 6.07) is 6.23. The second kappa shape index (κ2) is 6.72. The second-order valence-corrected chi connectivity index (χ2v) is 8.59. The minimum absolute atomic E-state index is 0.147. The van der Waals surface area contributed by atoms with E-state index in [9.17, 15) is 4.79 Å². The maximum absolute atomic E-state index is 12.1. The van der Waals surface area contributed by atoms with Crippen molar-refractivity contribution in [1.82, 2.24) is 20.1 Å². The average Bonchev–Trinajstić information content (AvgIpc) is 3.23. The summed E-state index contributed by atoms with van der Waals surface area (Å²) in [6.45, 7) is 9.31. The standard InChI is InChI=1S/C19H25N5OS/c1-18(2,12-21-16(25)23-17-20-8-9-26-17)19(3,4)14-6-7-15-13(10-14)11-22-24(15)5/h6-11H,12H2,1-5H3,(H2,20,21,23,25). The summed E-state index contributed by atoms with van der Waals surface area (Å²) in [4.78, 5) is 16.2. The van der Waals surface area contributed by atoms with Gasteiger partial charge in [0.25, 0.3) is 0 Å². The van der Waals surface area contributed by atoms with Crippen molar-refractivity contribution in [2.45, 2.75) is 33.1 Å². The molecule has 0 radical (unpaired) electrons. The highest BCUT2D eigenvalue weighted by atomic mass is 32.1. The highest BCUT2D eigenvalue weighted by Crippen LogP contribution is 2.41. The number of anilines is 1. The van der Waals surface area contributed by atoms with Gasteiger partial charge in [-0.05, 0) is 28.5 Å². The van der Waals surface area contributed by atoms with E-state index >= 15 is 0 Å². The lowest BCUT2D eigenvalue weighted by molar-refractivity contribution is 0.189. The molecule has 0 atom stereocenters. The number of hydrogen-bond acceptors (Lipinski definition) is 4. The van der Waals surface area contributed by atoms with Crippen LogP contribution in [-0.2, 0) is 12.5 Å². The highest BCUT2D eigenvalue weighted by molar-refractivity contribution is 7.13. The first kappa shape index (κ1) is 18.4. The number of hydrogen-bond donors (Lipinski definition) is 2. The number of fused-ring (bicyclic) bond motifs is 1. The molecule has 0 unspecified atom stereocenters. The maximum Gasteiger partial charge on any atom is 0.321 e. The monoisotopic (exact) mass is 371 g/mol. The molecule has 0 bridgehead atoms. The molecule has 0 fully saturated rings. The first-order chi connectivity index (χ1) is 12.2. The summed E-state index contributed by atoms with van der Waals surface area (Å²) in [5, 5.41) is 13.6. The molecule has 3 aromatic rings. The van der Waals surface area contributed by atoms with Crippen LogP contribution in [0.5, 0.6) is 0 Å². The third-order valence-corrected chi connectivity index (χ3v) is 6.19. The number of nitrogens with one attached hydrogen (secondary N) is 2. The molecule has 2 amide bonds. The lowest BCUT2D eigenvalue weighted by Crippen LogP contribution is -2.46. The number of rotatable bonds is 5. The smallest absolute Gasteiger partial charge is 0.321 e. The van der Waals surface area contributed by atoms with Gasteiger partial charge in [0.2, 0.25) is 0 Å². The van der Waals surface area contributed by atoms with Crippen LogP contribution in [0, 0.1) is 5.41 Å². The molecule has 7 heteroatoms. The molecule has 0 aliphatic rings. The number of nitrogens with zero attached hydrogens (tertiary/aromatic N) is 3. The lowest BCUT2D eigenvalue weighted by atomic mass is 9.64. The Kier molecular flexibility index (Phi) is 4.75. The van der Waals surface area contributed by atoms with Crippen LogP contribution in [0.1, 0.15) is 33.3 Å². The van der Waals surface area contributed by atoms with E-state index in [2.05, 4.69) is 66.6 Å². The van der Waals surface area contributed by atoms with Crippen molar-refractivity contribution in [3.05, 3.63) is 41.5 Å². The molecule has 0 aliphatic carbocycles. The van der Waals surface area contributed by atoms with E-state index < -0.39 is 0 Å². The van der Waals surface area contributed by atoms with Gasteiger partial charge in [-0.1, -0.05) is 33.8 Å². The van der Waals surface area contributed by atoms with Crippen LogP contribution in [-0.4, -0.2) is 27.3 Å². The fourth-order valence-electron chi connectivity index (χ4n) is 2.89. The molecule has 0 aliphatic heterocycles. The average molecular weight is 372 g/mol. The highest BCUT2D eigenvalue weighted by Gasteiger charge is 2.38. The zero-order valence-electron chi connectivity index (χ0n) is 15.8. The Hall–Kier alpha value is -2.41. The maximum atomic E-state index is 12.1. The van der Waals surface area contributed by atoms with E-state index in [1.54, 1.807) is 6.20 Å². The van der Waals surface area contributed by atoms with E-state index in [1.807, 2.05) is 23.3 Å². The molecule has 6 nitrogen and oxygen atoms in total. The molecule has 0 spiro atoms. The summed E-state index contributed by atoms with van der Waals surface area (Å²) in [5.74, 6) is 0. The quantitative estimate of drug-likeness (QED) is 0.707. The van der Waals surface area contributed by atoms with Crippen LogP contribution in [0.4, 0.5) is 9.93 Å². The Morgan fingerprint density at radius 3 is 2.73 bits per heavy atom. The summed E-state index contributed by atoms with van der Waals surface area (Å²) in [7, 11) is 1.95. The van der Waals surface area contributed by atoms with Gasteiger partial charge >= 0.3 is 6.03 Å². The third-order valence-electron chi connectivity index (χ3n) is 5.50. The number of urea groups is 1. The lowest BCUT2D eigenvalue weighted by Gasteiger charge is -2.42. The summed E-state index contributed by atoms with van der Waals surface area (Å²) in [6.07, 6.45) is 3.56. The zero-order chi connectivity index (χ0) is 18.9. The van der Waals surface area contributed by atoms with Crippen molar-refractivity contribution in [2.75, 3.05) is 11.9 Å². The molecule has 2 aromatic heterocycles. The molecule has 138 valence electrons. The van der Waals surface area contributed by atoms with Gasteiger partial charge in [-0.3, -0.25) is 10.00 Å². The van der Waals surface area contributed by atoms with Crippen molar-refractivity contribution in [1.29, 1.82) is 0 Å². The van der Waals surface area contributed by atoms with E-state index in [0.717, 1.165) is 10.9 Å². The van der Waals surface area contributed by atoms with Gasteiger partial charge in [-0.25, -0.2) is 9.78 Å². The zero-order valence-corrected chi connectivity index (χ0v) is 16.6. The Morgan fingerprint density at radius 1 is 1.27 bits per heavy atom. The number of aryl methyl sites for hydroxylation is 1. The van der Waals surface area contributed by atoms with E-state index in [-0.39, 0.29) is 16.9 Å². The van der Waals surface area contributed by atoms with Crippen molar-refractivity contribution < 1.29 is 4.79 Å². The summed E-state index contributed by atoms with van der Waals surface area (Å²) >= 11 is 1.40. The first-order valence-electron chi connectivity index (χ1n) is 8.57. The Bertz CT molecular complexity index is 911. The van der Waals surface area contributed by atoms with Crippen LogP contribution in [0.25, 0.3) is 10.9 Å². The van der Waals surface area contributed by atoms with Crippen LogP contribution >= 0.6 is 11.3 Å². The number of aromatic nitrogens is 3. The minimum atomic E-state index is -0.230. The van der Waals surface area contributed by atoms with Crippen LogP contribution in [0.15, 0.2) is 36.0 Å². The molecule has 2 N–H and O–H groups in total. The van der Waals surface area contributed by atoms with Crippen LogP contribution < -0.4 is 10.6 Å². The number of thiazole rings is 1. The van der Waals surface area contributed by atoms with E-state index in [1.165, 1.54) is 16.9 Å². The van der Waals surface area contributed by atoms with E-state index in [4.69, 9.17) is 0 Å². The minimum Gasteiger partial charge on any atom is -0.337 e. The third kappa shape index (κ3) is 3.44. The van der Waals surface area contributed by atoms with Gasteiger partial charge in [0, 0.05) is 30.6 Å². The summed E-state index contributed by atoms with van der Waals surface area (Å²) < 4.78 is 1.88. The second-order valence-electron chi connectivity index (χ2n) is 7.70. The molecule has 1 aromatic carbocycles. The van der Waals surface area contributed by atoms with Gasteiger partial charge in [0.05, 0.1) is 11.7 Å². The molecule has 3 rings (SSSR count). The first-order valence-corrected chi connectivity index (χ1v) is 9.45. The van der Waals surface area contributed by atoms with Crippen molar-refractivity contribution in [3.8, 4) is 0 Å². The van der Waals surface area contributed by atoms with Crippen LogP contribution in [0.3, 0.4) is 0 Å². The number of carbonyl (C=O) groups is 1. The van der Waals surface area contributed by atoms with Gasteiger partial charge < -0.3 is 5.32 Å². The normalized spacial score (nSPS) is 12.3. The topological polar surface area (TPSA) is 71.8 Å². The Morgan fingerprint density at radius 2 is 2.04 bits per heavy atom. The summed E-state index contributed by atoms with van der Waals surface area (Å²) in [5.41, 5.74) is 2.03. The van der Waals surface area contributed by atoms with E-state index in [0.29, 0.717) is 11.7 Å². The van der Waals surface area contributed by atoms with Crippen molar-refractivity contribution in [3.63, 3.8) is 0 Å². The largest absolute Gasteiger partial charge is 0.337 e. The molecule has 0 saturated heterocycles. The van der Waals surface area contributed by atoms with Gasteiger partial charge in [0.15, 0.2) is 5.13 Å². The van der Waals surface area contributed by atoms with Crippen molar-refractivity contribution >= 4 is 33.4 Å². The number of benzene rings is 1. The molecule has 26 heavy (non-hydrogen) atoms. The number of carbonyl (C=O) groups excluding carboxylic acids is 1. The molecular weight excluding hydrogens is 346 g/mol. The molecular formula is C19H25N5OS. The Balaban J connectivity index is 1.73.